The Morgan fingerprint density at radius 3 is 2.56 bits per heavy atom. The van der Waals surface area contributed by atoms with Crippen LogP contribution in [0.5, 0.6) is 0 Å². The fourth-order valence-corrected chi connectivity index (χ4v) is 2.44. The van der Waals surface area contributed by atoms with Gasteiger partial charge in [-0.1, -0.05) is 18.2 Å². The quantitative estimate of drug-likeness (QED) is 0.890. The lowest BCUT2D eigenvalue weighted by molar-refractivity contribution is 0.0340. The molecule has 0 bridgehead atoms. The predicted octanol–water partition coefficient (Wildman–Crippen LogP) is 2.05. The zero-order chi connectivity index (χ0) is 13.2. The molecule has 1 aromatic carbocycles. The van der Waals surface area contributed by atoms with E-state index < -0.39 is 5.60 Å². The first-order valence-corrected chi connectivity index (χ1v) is 6.59. The minimum atomic E-state index is -0.773. The van der Waals surface area contributed by atoms with E-state index in [1.807, 2.05) is 20.8 Å². The predicted molar refractivity (Wildman–Crippen MR) is 72.5 cm³/mol. The van der Waals surface area contributed by atoms with Gasteiger partial charge in [-0.2, -0.15) is 0 Å². The van der Waals surface area contributed by atoms with Crippen molar-refractivity contribution in [2.75, 3.05) is 26.3 Å². The lowest BCUT2D eigenvalue weighted by Gasteiger charge is -2.27. The van der Waals surface area contributed by atoms with Crippen molar-refractivity contribution >= 4 is 0 Å². The van der Waals surface area contributed by atoms with Gasteiger partial charge in [0, 0.05) is 19.6 Å². The minimum absolute atomic E-state index is 0.773. The second kappa shape index (κ2) is 5.39. The highest BCUT2D eigenvalue weighted by Gasteiger charge is 2.19. The summed E-state index contributed by atoms with van der Waals surface area (Å²) in [5.74, 6) is 0. The average Bonchev–Trinajstić information content (AvgIpc) is 2.31. The second-order valence-electron chi connectivity index (χ2n) is 5.60. The molecule has 1 N–H and O–H groups in total. The Hall–Kier alpha value is -0.900. The molecule has 1 aliphatic rings. The van der Waals surface area contributed by atoms with E-state index in [4.69, 9.17) is 4.74 Å². The number of morpholine rings is 1. The van der Waals surface area contributed by atoms with Gasteiger partial charge in [-0.3, -0.25) is 4.90 Å². The van der Waals surface area contributed by atoms with Crippen LogP contribution in [0.4, 0.5) is 0 Å². The summed E-state index contributed by atoms with van der Waals surface area (Å²) in [5.41, 5.74) is 2.66. The van der Waals surface area contributed by atoms with Gasteiger partial charge in [-0.05, 0) is 37.5 Å². The molecule has 0 amide bonds. The summed E-state index contributed by atoms with van der Waals surface area (Å²) >= 11 is 0. The third-order valence-electron chi connectivity index (χ3n) is 3.47. The molecular formula is C15H23NO2. The third-order valence-corrected chi connectivity index (χ3v) is 3.47. The highest BCUT2D eigenvalue weighted by atomic mass is 16.5. The molecule has 0 atom stereocenters. The third kappa shape index (κ3) is 3.31. The summed E-state index contributed by atoms with van der Waals surface area (Å²) in [5, 5.41) is 10.2. The molecule has 3 heteroatoms. The van der Waals surface area contributed by atoms with Crippen LogP contribution in [-0.4, -0.2) is 36.3 Å². The molecule has 2 rings (SSSR count). The number of hydrogen-bond acceptors (Lipinski definition) is 3. The number of benzene rings is 1. The molecule has 1 aromatic rings. The zero-order valence-electron chi connectivity index (χ0n) is 11.6. The van der Waals surface area contributed by atoms with E-state index in [-0.39, 0.29) is 0 Å². The first-order valence-electron chi connectivity index (χ1n) is 6.59. The standard InChI is InChI=1S/C15H23NO2/c1-12-4-5-13(10-14(12)15(2,3)17)11-16-6-8-18-9-7-16/h4-5,10,17H,6-9,11H2,1-3H3. The maximum atomic E-state index is 10.2. The van der Waals surface area contributed by atoms with Gasteiger partial charge in [-0.15, -0.1) is 0 Å². The average molecular weight is 249 g/mol. The maximum absolute atomic E-state index is 10.2. The number of ether oxygens (including phenoxy) is 1. The molecule has 3 nitrogen and oxygen atoms in total. The lowest BCUT2D eigenvalue weighted by Crippen LogP contribution is -2.35. The fraction of sp³-hybridized carbons (Fsp3) is 0.600. The van der Waals surface area contributed by atoms with Crippen molar-refractivity contribution in [2.45, 2.75) is 32.9 Å². The van der Waals surface area contributed by atoms with Gasteiger partial charge in [0.15, 0.2) is 0 Å². The summed E-state index contributed by atoms with van der Waals surface area (Å²) in [4.78, 5) is 2.39. The maximum Gasteiger partial charge on any atom is 0.0843 e. The van der Waals surface area contributed by atoms with E-state index in [0.29, 0.717) is 0 Å². The number of hydrogen-bond donors (Lipinski definition) is 1. The normalized spacial score (nSPS) is 18.0. The molecule has 1 saturated heterocycles. The van der Waals surface area contributed by atoms with Crippen LogP contribution in [0.25, 0.3) is 0 Å². The summed E-state index contributed by atoms with van der Waals surface area (Å²) in [7, 11) is 0. The lowest BCUT2D eigenvalue weighted by atomic mass is 9.92. The Labute approximate surface area is 109 Å². The van der Waals surface area contributed by atoms with Crippen molar-refractivity contribution < 1.29 is 9.84 Å². The minimum Gasteiger partial charge on any atom is -0.386 e. The van der Waals surface area contributed by atoms with Crippen molar-refractivity contribution in [3.63, 3.8) is 0 Å². The Morgan fingerprint density at radius 2 is 1.94 bits per heavy atom. The monoisotopic (exact) mass is 249 g/mol. The first-order chi connectivity index (χ1) is 8.47. The molecule has 0 spiro atoms. The zero-order valence-corrected chi connectivity index (χ0v) is 11.6. The molecule has 0 aromatic heterocycles. The van der Waals surface area contributed by atoms with Crippen molar-refractivity contribution in [2.24, 2.45) is 0 Å². The van der Waals surface area contributed by atoms with E-state index in [1.165, 1.54) is 5.56 Å². The summed E-state index contributed by atoms with van der Waals surface area (Å²) in [6.07, 6.45) is 0. The van der Waals surface area contributed by atoms with Crippen molar-refractivity contribution in [3.05, 3.63) is 34.9 Å². The van der Waals surface area contributed by atoms with E-state index in [2.05, 4.69) is 23.1 Å². The molecule has 0 radical (unpaired) electrons. The number of aliphatic hydroxyl groups is 1. The van der Waals surface area contributed by atoms with Crippen LogP contribution in [0.1, 0.15) is 30.5 Å². The Balaban J connectivity index is 2.14. The molecule has 100 valence electrons. The van der Waals surface area contributed by atoms with Gasteiger partial charge in [0.25, 0.3) is 0 Å². The first kappa shape index (κ1) is 13.5. The largest absolute Gasteiger partial charge is 0.386 e. The van der Waals surface area contributed by atoms with Gasteiger partial charge < -0.3 is 9.84 Å². The number of rotatable bonds is 3. The summed E-state index contributed by atoms with van der Waals surface area (Å²) < 4.78 is 5.35. The highest BCUT2D eigenvalue weighted by Crippen LogP contribution is 2.25. The van der Waals surface area contributed by atoms with Crippen LogP contribution in [0.2, 0.25) is 0 Å². The van der Waals surface area contributed by atoms with Crippen LogP contribution >= 0.6 is 0 Å². The molecule has 1 heterocycles. The van der Waals surface area contributed by atoms with E-state index in [9.17, 15) is 5.11 Å². The van der Waals surface area contributed by atoms with Gasteiger partial charge in [0.2, 0.25) is 0 Å². The topological polar surface area (TPSA) is 32.7 Å². The van der Waals surface area contributed by atoms with Crippen molar-refractivity contribution in [1.29, 1.82) is 0 Å². The second-order valence-corrected chi connectivity index (χ2v) is 5.60. The molecule has 0 aliphatic carbocycles. The molecule has 18 heavy (non-hydrogen) atoms. The Morgan fingerprint density at radius 1 is 1.28 bits per heavy atom. The van der Waals surface area contributed by atoms with E-state index in [1.54, 1.807) is 0 Å². The van der Waals surface area contributed by atoms with Crippen molar-refractivity contribution in [3.8, 4) is 0 Å². The fourth-order valence-electron chi connectivity index (χ4n) is 2.44. The molecular weight excluding hydrogens is 226 g/mol. The SMILES string of the molecule is Cc1ccc(CN2CCOCC2)cc1C(C)(C)O. The molecule has 1 fully saturated rings. The van der Waals surface area contributed by atoms with Crippen LogP contribution in [0, 0.1) is 6.92 Å². The summed E-state index contributed by atoms with van der Waals surface area (Å²) in [6, 6.07) is 6.38. The highest BCUT2D eigenvalue weighted by molar-refractivity contribution is 5.34. The van der Waals surface area contributed by atoms with Crippen molar-refractivity contribution in [1.82, 2.24) is 4.90 Å². The van der Waals surface area contributed by atoms with Gasteiger partial charge in [0.1, 0.15) is 0 Å². The molecule has 0 saturated carbocycles. The number of nitrogens with zero attached hydrogens (tertiary/aromatic N) is 1. The Bertz CT molecular complexity index is 403. The van der Waals surface area contributed by atoms with E-state index >= 15 is 0 Å². The van der Waals surface area contributed by atoms with Gasteiger partial charge in [-0.25, -0.2) is 0 Å². The van der Waals surface area contributed by atoms with Crippen LogP contribution < -0.4 is 0 Å². The van der Waals surface area contributed by atoms with E-state index in [0.717, 1.165) is 44.0 Å². The smallest absolute Gasteiger partial charge is 0.0843 e. The summed E-state index contributed by atoms with van der Waals surface area (Å²) in [6.45, 7) is 10.3. The van der Waals surface area contributed by atoms with Crippen LogP contribution in [0.15, 0.2) is 18.2 Å². The Kier molecular flexibility index (Phi) is 4.05. The van der Waals surface area contributed by atoms with Crippen LogP contribution in [-0.2, 0) is 16.9 Å². The molecule has 1 aliphatic heterocycles. The van der Waals surface area contributed by atoms with Gasteiger partial charge in [0.05, 0.1) is 18.8 Å². The van der Waals surface area contributed by atoms with Crippen LogP contribution in [0.3, 0.4) is 0 Å². The van der Waals surface area contributed by atoms with Gasteiger partial charge >= 0.3 is 0 Å². The number of aryl methyl sites for hydroxylation is 1. The molecule has 0 unspecified atom stereocenters.